The van der Waals surface area contributed by atoms with E-state index in [1.54, 1.807) is 38.1 Å². The van der Waals surface area contributed by atoms with E-state index in [1.165, 1.54) is 52.7 Å². The van der Waals surface area contributed by atoms with Gasteiger partial charge in [-0.15, -0.1) is 0 Å². The van der Waals surface area contributed by atoms with E-state index in [1.807, 2.05) is 0 Å². The summed E-state index contributed by atoms with van der Waals surface area (Å²) in [6.07, 6.45) is 0. The van der Waals surface area contributed by atoms with Crippen LogP contribution in [0.4, 0.5) is 11.4 Å². The van der Waals surface area contributed by atoms with E-state index in [0.29, 0.717) is 0 Å². The normalized spacial score (nSPS) is 11.0. The third-order valence-electron chi connectivity index (χ3n) is 7.39. The van der Waals surface area contributed by atoms with Crippen molar-refractivity contribution in [2.24, 2.45) is 5.11 Å². The van der Waals surface area contributed by atoms with Gasteiger partial charge in [0.15, 0.2) is 0 Å². The average molecular weight is 673 g/mol. The summed E-state index contributed by atoms with van der Waals surface area (Å²) in [6.45, 7) is 3.16. The average Bonchev–Trinajstić information content (AvgIpc) is 3.12. The van der Waals surface area contributed by atoms with E-state index in [-0.39, 0.29) is 83.9 Å². The van der Waals surface area contributed by atoms with E-state index in [4.69, 9.17) is 28.4 Å². The largest absolute Gasteiger partial charge is 0.594 e. The minimum absolute atomic E-state index is 0.0267. The zero-order chi connectivity index (χ0) is 36.0. The molecule has 4 rings (SSSR count). The predicted molar refractivity (Wildman–Crippen MR) is 173 cm³/mol. The van der Waals surface area contributed by atoms with Gasteiger partial charge in [0, 0.05) is 27.9 Å². The van der Waals surface area contributed by atoms with E-state index in [2.05, 4.69) is 15.1 Å². The lowest BCUT2D eigenvalue weighted by molar-refractivity contribution is -0.434. The molecule has 15 heteroatoms. The van der Waals surface area contributed by atoms with Crippen molar-refractivity contribution in [1.82, 2.24) is 9.97 Å². The molecule has 0 radical (unpaired) electrons. The number of methoxy groups -OCH3 is 6. The molecule has 0 fully saturated rings. The maximum atomic E-state index is 14.1. The van der Waals surface area contributed by atoms with Crippen LogP contribution in [0.5, 0.6) is 11.8 Å². The minimum atomic E-state index is -0.934. The summed E-state index contributed by atoms with van der Waals surface area (Å²) < 4.78 is 30.8. The number of pyridine rings is 2. The Balaban J connectivity index is 2.11. The highest BCUT2D eigenvalue weighted by Crippen LogP contribution is 2.43. The van der Waals surface area contributed by atoms with E-state index < -0.39 is 23.9 Å². The molecular formula is C34H32N4O11. The number of para-hydroxylation sites is 1. The second-order valence-electron chi connectivity index (χ2n) is 10.0. The van der Waals surface area contributed by atoms with Crippen molar-refractivity contribution in [2.45, 2.75) is 13.8 Å². The molecule has 49 heavy (non-hydrogen) atoms. The van der Waals surface area contributed by atoms with Crippen molar-refractivity contribution >= 4 is 35.3 Å². The van der Waals surface area contributed by atoms with E-state index in [0.717, 1.165) is 14.2 Å². The van der Waals surface area contributed by atoms with Gasteiger partial charge in [-0.1, -0.05) is 30.3 Å². The fourth-order valence-corrected chi connectivity index (χ4v) is 5.29. The summed E-state index contributed by atoms with van der Waals surface area (Å²) >= 11 is 0. The SMILES string of the molecule is COC(=O)c1c(C)nc(C)c(C(=O)OC)c1-c1ccccc1N=[N+]([O-])c1ccccc1-c1c(C(=O)OC)c(OC)nc(OC)c1C(=O)OC. The number of benzene rings is 2. The molecule has 0 aliphatic carbocycles. The van der Waals surface area contributed by atoms with Crippen LogP contribution >= 0.6 is 0 Å². The van der Waals surface area contributed by atoms with Gasteiger partial charge in [-0.25, -0.2) is 19.2 Å². The van der Waals surface area contributed by atoms with Gasteiger partial charge in [0.1, 0.15) is 16.8 Å². The lowest BCUT2D eigenvalue weighted by atomic mass is 9.91. The number of nitrogens with zero attached hydrogens (tertiary/aromatic N) is 4. The van der Waals surface area contributed by atoms with Crippen LogP contribution in [0, 0.1) is 19.1 Å². The molecule has 254 valence electrons. The summed E-state index contributed by atoms with van der Waals surface area (Å²) in [7, 11) is 7.12. The van der Waals surface area contributed by atoms with Gasteiger partial charge in [-0.05, 0) is 30.8 Å². The Bertz CT molecular complexity index is 1920. The highest BCUT2D eigenvalue weighted by Gasteiger charge is 2.35. The molecule has 2 aromatic heterocycles. The molecule has 4 aromatic rings. The Morgan fingerprint density at radius 2 is 1.00 bits per heavy atom. The van der Waals surface area contributed by atoms with Crippen LogP contribution < -0.4 is 9.47 Å². The molecule has 15 nitrogen and oxygen atoms in total. The summed E-state index contributed by atoms with van der Waals surface area (Å²) in [5.74, 6) is -3.94. The first-order valence-electron chi connectivity index (χ1n) is 14.4. The second kappa shape index (κ2) is 15.0. The third kappa shape index (κ3) is 6.58. The molecule has 2 heterocycles. The van der Waals surface area contributed by atoms with Crippen LogP contribution in [0.3, 0.4) is 0 Å². The van der Waals surface area contributed by atoms with Crippen LogP contribution in [-0.2, 0) is 18.9 Å². The molecule has 0 N–H and O–H groups in total. The molecule has 0 aliphatic heterocycles. The number of esters is 4. The Labute approximate surface area is 280 Å². The zero-order valence-corrected chi connectivity index (χ0v) is 27.9. The lowest BCUT2D eigenvalue weighted by Crippen LogP contribution is -2.16. The number of hydrogen-bond donors (Lipinski definition) is 0. The van der Waals surface area contributed by atoms with Gasteiger partial charge < -0.3 is 33.6 Å². The molecule has 0 bridgehead atoms. The molecule has 0 aliphatic rings. The number of ether oxygens (including phenoxy) is 6. The minimum Gasteiger partial charge on any atom is -0.594 e. The smallest absolute Gasteiger partial charge is 0.344 e. The van der Waals surface area contributed by atoms with Crippen molar-refractivity contribution < 1.29 is 52.5 Å². The van der Waals surface area contributed by atoms with Crippen molar-refractivity contribution in [3.8, 4) is 34.0 Å². The maximum absolute atomic E-state index is 14.1. The van der Waals surface area contributed by atoms with Crippen LogP contribution in [0.15, 0.2) is 53.6 Å². The van der Waals surface area contributed by atoms with Gasteiger partial charge in [-0.3, -0.25) is 4.98 Å². The van der Waals surface area contributed by atoms with Gasteiger partial charge in [0.2, 0.25) is 11.8 Å². The van der Waals surface area contributed by atoms with Crippen molar-refractivity contribution in [1.29, 1.82) is 0 Å². The monoisotopic (exact) mass is 672 g/mol. The second-order valence-corrected chi connectivity index (χ2v) is 10.0. The van der Waals surface area contributed by atoms with Gasteiger partial charge in [0.05, 0.1) is 70.7 Å². The number of hydrogen-bond acceptors (Lipinski definition) is 14. The van der Waals surface area contributed by atoms with Crippen LogP contribution in [-0.4, -0.2) is 81.4 Å². The van der Waals surface area contributed by atoms with E-state index >= 15 is 0 Å². The highest BCUT2D eigenvalue weighted by molar-refractivity contribution is 6.10. The first-order chi connectivity index (χ1) is 23.5. The topological polar surface area (TPSA) is 188 Å². The number of aromatic nitrogens is 2. The molecule has 0 unspecified atom stereocenters. The Hall–Kier alpha value is -6.38. The predicted octanol–water partition coefficient (Wildman–Crippen LogP) is 5.52. The Morgan fingerprint density at radius 1 is 0.592 bits per heavy atom. The third-order valence-corrected chi connectivity index (χ3v) is 7.39. The summed E-state index contributed by atoms with van der Waals surface area (Å²) in [6, 6.07) is 12.3. The standard InChI is InChI=1S/C34H32N4O11/c1-17-23(31(39)46-5)25(24(18(2)35-17)32(40)47-6)19-13-9-11-15-21(19)37-38(43)22-16-12-10-14-20(22)26-27(33(41)48-7)29(44-3)36-30(45-4)28(26)34(42)49-8/h9-16H,1-8H3. The highest BCUT2D eigenvalue weighted by atomic mass is 16.5. The van der Waals surface area contributed by atoms with Gasteiger partial charge in [0.25, 0.3) is 5.69 Å². The first kappa shape index (κ1) is 35.5. The molecule has 0 saturated heterocycles. The molecule has 0 amide bonds. The summed E-state index contributed by atoms with van der Waals surface area (Å²) in [5.41, 5.74) is -0.0577. The molecule has 0 saturated carbocycles. The first-order valence-corrected chi connectivity index (χ1v) is 14.4. The summed E-state index contributed by atoms with van der Waals surface area (Å²) in [5, 5.41) is 18.5. The number of aryl methyl sites for hydroxylation is 2. The maximum Gasteiger partial charge on any atom is 0.344 e. The molecular weight excluding hydrogens is 640 g/mol. The van der Waals surface area contributed by atoms with Crippen molar-refractivity contribution in [2.75, 3.05) is 42.7 Å². The van der Waals surface area contributed by atoms with Crippen LogP contribution in [0.25, 0.3) is 22.3 Å². The molecule has 0 spiro atoms. The van der Waals surface area contributed by atoms with Gasteiger partial charge >= 0.3 is 23.9 Å². The van der Waals surface area contributed by atoms with E-state index in [9.17, 15) is 24.4 Å². The fourth-order valence-electron chi connectivity index (χ4n) is 5.29. The lowest BCUT2D eigenvalue weighted by Gasteiger charge is -2.19. The van der Waals surface area contributed by atoms with Crippen molar-refractivity contribution in [3.63, 3.8) is 0 Å². The Morgan fingerprint density at radius 3 is 1.47 bits per heavy atom. The van der Waals surface area contributed by atoms with Crippen LogP contribution in [0.2, 0.25) is 0 Å². The number of carbonyl (C=O) groups is 4. The number of azo groups is 1. The Kier molecular flexibility index (Phi) is 10.9. The fraction of sp³-hybridized carbons (Fsp3) is 0.235. The quantitative estimate of drug-likeness (QED) is 0.0674. The molecule has 2 aromatic carbocycles. The zero-order valence-electron chi connectivity index (χ0n) is 27.9. The van der Waals surface area contributed by atoms with Crippen LogP contribution in [0.1, 0.15) is 52.8 Å². The van der Waals surface area contributed by atoms with Gasteiger partial charge in [-0.2, -0.15) is 4.98 Å². The van der Waals surface area contributed by atoms with Crippen molar-refractivity contribution in [3.05, 3.63) is 87.4 Å². The number of rotatable bonds is 10. The summed E-state index contributed by atoms with van der Waals surface area (Å²) in [4.78, 5) is 61.3. The molecule has 0 atom stereocenters. The number of carbonyl (C=O) groups excluding carboxylic acids is 4.